The summed E-state index contributed by atoms with van der Waals surface area (Å²) in [5, 5.41) is 0.645. The number of aromatic amines is 1. The number of fused-ring (bicyclic) bond motifs is 1. The number of rotatable bonds is 10. The number of hydrogen-bond donors (Lipinski definition) is 1. The number of pyridine rings is 1. The minimum Gasteiger partial charge on any atom is -0.493 e. The molecule has 0 bridgehead atoms. The number of aromatic nitrogens is 1. The summed E-state index contributed by atoms with van der Waals surface area (Å²) >= 11 is 0. The molecule has 1 saturated heterocycles. The second kappa shape index (κ2) is 11.7. The van der Waals surface area contributed by atoms with E-state index < -0.39 is 23.5 Å². The lowest BCUT2D eigenvalue weighted by atomic mass is 10.1. The maximum absolute atomic E-state index is 13.4. The Hall–Kier alpha value is -3.81. The third-order valence-electron chi connectivity index (χ3n) is 6.39. The summed E-state index contributed by atoms with van der Waals surface area (Å²) < 4.78 is 16.9. The summed E-state index contributed by atoms with van der Waals surface area (Å²) in [6.07, 6.45) is 4.14. The molecular formula is C28H32N2O6. The van der Waals surface area contributed by atoms with Gasteiger partial charge in [-0.3, -0.25) is 9.59 Å². The number of esters is 1. The molecule has 0 aliphatic carbocycles. The van der Waals surface area contributed by atoms with Gasteiger partial charge in [-0.15, -0.1) is 0 Å². The highest BCUT2D eigenvalue weighted by Crippen LogP contribution is 2.34. The fourth-order valence-electron chi connectivity index (χ4n) is 4.45. The van der Waals surface area contributed by atoms with E-state index >= 15 is 0 Å². The summed E-state index contributed by atoms with van der Waals surface area (Å²) in [5.74, 6) is 0.00759. The van der Waals surface area contributed by atoms with Gasteiger partial charge >= 0.3 is 5.97 Å². The highest BCUT2D eigenvalue weighted by atomic mass is 16.5. The van der Waals surface area contributed by atoms with Gasteiger partial charge in [-0.2, -0.15) is 0 Å². The molecule has 1 aliphatic heterocycles. The topological polar surface area (TPSA) is 97.9 Å². The van der Waals surface area contributed by atoms with Crippen molar-refractivity contribution in [2.24, 2.45) is 0 Å². The summed E-state index contributed by atoms with van der Waals surface area (Å²) in [4.78, 5) is 43.5. The first-order chi connectivity index (χ1) is 17.5. The van der Waals surface area contributed by atoms with Crippen molar-refractivity contribution in [3.05, 3.63) is 70.0 Å². The Labute approximate surface area is 210 Å². The van der Waals surface area contributed by atoms with E-state index in [1.54, 1.807) is 25.3 Å². The van der Waals surface area contributed by atoms with Crippen LogP contribution in [0, 0.1) is 0 Å². The fourth-order valence-corrected chi connectivity index (χ4v) is 4.45. The van der Waals surface area contributed by atoms with Crippen molar-refractivity contribution < 1.29 is 23.8 Å². The largest absolute Gasteiger partial charge is 0.493 e. The van der Waals surface area contributed by atoms with E-state index in [1.165, 1.54) is 4.90 Å². The number of unbranched alkanes of at least 4 members (excludes halogenated alkanes) is 2. The third kappa shape index (κ3) is 5.53. The molecule has 1 aromatic heterocycles. The van der Waals surface area contributed by atoms with Crippen molar-refractivity contribution >= 4 is 22.8 Å². The number of benzene rings is 2. The van der Waals surface area contributed by atoms with Crippen LogP contribution in [0.2, 0.25) is 0 Å². The van der Waals surface area contributed by atoms with Gasteiger partial charge in [-0.25, -0.2) is 4.79 Å². The molecule has 0 saturated carbocycles. The molecule has 4 rings (SSSR count). The Kier molecular flexibility index (Phi) is 8.25. The number of carbonyl (C=O) groups excluding carboxylic acids is 2. The molecule has 3 aromatic rings. The number of amides is 1. The minimum absolute atomic E-state index is 0.0210. The van der Waals surface area contributed by atoms with Gasteiger partial charge < -0.3 is 24.1 Å². The highest BCUT2D eigenvalue weighted by Gasteiger charge is 2.36. The molecule has 1 atom stereocenters. The molecule has 1 fully saturated rings. The Morgan fingerprint density at radius 3 is 2.67 bits per heavy atom. The van der Waals surface area contributed by atoms with Gasteiger partial charge in [0.15, 0.2) is 11.5 Å². The van der Waals surface area contributed by atoms with Crippen molar-refractivity contribution in [2.75, 3.05) is 20.3 Å². The first-order valence-electron chi connectivity index (χ1n) is 12.4. The van der Waals surface area contributed by atoms with Crippen LogP contribution >= 0.6 is 0 Å². The van der Waals surface area contributed by atoms with Gasteiger partial charge in [0.25, 0.3) is 11.5 Å². The Balaban J connectivity index is 1.55. The van der Waals surface area contributed by atoms with Crippen molar-refractivity contribution in [3.63, 3.8) is 0 Å². The van der Waals surface area contributed by atoms with Crippen LogP contribution in [0.4, 0.5) is 0 Å². The number of methoxy groups -OCH3 is 1. The molecule has 0 radical (unpaired) electrons. The normalized spacial score (nSPS) is 15.2. The highest BCUT2D eigenvalue weighted by molar-refractivity contribution is 6.00. The molecule has 1 N–H and O–H groups in total. The third-order valence-corrected chi connectivity index (χ3v) is 6.39. The predicted octanol–water partition coefficient (Wildman–Crippen LogP) is 4.45. The molecule has 190 valence electrons. The minimum atomic E-state index is -0.718. The Morgan fingerprint density at radius 1 is 1.11 bits per heavy atom. The van der Waals surface area contributed by atoms with Crippen LogP contribution in [0.1, 0.15) is 54.9 Å². The van der Waals surface area contributed by atoms with Crippen LogP contribution in [0.5, 0.6) is 11.5 Å². The van der Waals surface area contributed by atoms with Crippen LogP contribution in [0.15, 0.2) is 53.3 Å². The van der Waals surface area contributed by atoms with E-state index in [1.807, 2.05) is 30.3 Å². The molecule has 0 unspecified atom stereocenters. The average Bonchev–Trinajstić information content (AvgIpc) is 3.40. The molecule has 2 aromatic carbocycles. The molecule has 36 heavy (non-hydrogen) atoms. The maximum atomic E-state index is 13.4. The van der Waals surface area contributed by atoms with E-state index in [-0.39, 0.29) is 12.2 Å². The number of ether oxygens (including phenoxy) is 3. The quantitative estimate of drug-likeness (QED) is 0.332. The number of nitrogens with zero attached hydrogens (tertiary/aromatic N) is 1. The van der Waals surface area contributed by atoms with E-state index in [2.05, 4.69) is 11.9 Å². The zero-order chi connectivity index (χ0) is 25.5. The molecular weight excluding hydrogens is 460 g/mol. The SMILES string of the molecule is CCCCCOc1c(OC)ccc2cc(C(=O)N3CCC[C@H]3C(=O)OCc3ccccc3)c(=O)[nH]c12. The van der Waals surface area contributed by atoms with Crippen LogP contribution in [-0.4, -0.2) is 48.1 Å². The lowest BCUT2D eigenvalue weighted by Gasteiger charge is -2.23. The van der Waals surface area contributed by atoms with E-state index in [0.717, 1.165) is 24.8 Å². The van der Waals surface area contributed by atoms with Gasteiger partial charge in [0.2, 0.25) is 0 Å². The molecule has 0 spiro atoms. The van der Waals surface area contributed by atoms with Gasteiger partial charge in [-0.05, 0) is 43.0 Å². The van der Waals surface area contributed by atoms with Crippen molar-refractivity contribution in [3.8, 4) is 11.5 Å². The van der Waals surface area contributed by atoms with Gasteiger partial charge in [0.1, 0.15) is 18.2 Å². The summed E-state index contributed by atoms with van der Waals surface area (Å²) in [5.41, 5.74) is 0.790. The van der Waals surface area contributed by atoms with Crippen LogP contribution < -0.4 is 15.0 Å². The second-order valence-electron chi connectivity index (χ2n) is 8.88. The standard InChI is InChI=1S/C28H32N2O6/c1-3-4-8-16-35-25-23(34-2)14-13-20-17-21(26(31)29-24(20)25)27(32)30-15-9-12-22(30)28(33)36-18-19-10-6-5-7-11-19/h5-7,10-11,13-14,17,22H,3-4,8-9,12,15-16,18H2,1-2H3,(H,29,31)/t22-/m0/s1. The summed E-state index contributed by atoms with van der Waals surface area (Å²) in [6.45, 7) is 3.13. The van der Waals surface area contributed by atoms with E-state index in [4.69, 9.17) is 14.2 Å². The van der Waals surface area contributed by atoms with Gasteiger partial charge in [-0.1, -0.05) is 50.1 Å². The molecule has 1 amide bonds. The molecule has 8 nitrogen and oxygen atoms in total. The molecule has 2 heterocycles. The predicted molar refractivity (Wildman–Crippen MR) is 136 cm³/mol. The van der Waals surface area contributed by atoms with Gasteiger partial charge in [0, 0.05) is 11.9 Å². The zero-order valence-electron chi connectivity index (χ0n) is 20.7. The van der Waals surface area contributed by atoms with Crippen LogP contribution in [0.3, 0.4) is 0 Å². The monoisotopic (exact) mass is 492 g/mol. The number of H-pyrrole nitrogens is 1. The fraction of sp³-hybridized carbons (Fsp3) is 0.393. The second-order valence-corrected chi connectivity index (χ2v) is 8.88. The van der Waals surface area contributed by atoms with Crippen LogP contribution in [0.25, 0.3) is 10.9 Å². The maximum Gasteiger partial charge on any atom is 0.329 e. The summed E-state index contributed by atoms with van der Waals surface area (Å²) in [7, 11) is 1.54. The lowest BCUT2D eigenvalue weighted by Crippen LogP contribution is -2.43. The van der Waals surface area contributed by atoms with E-state index in [9.17, 15) is 14.4 Å². The number of nitrogens with one attached hydrogen (secondary N) is 1. The van der Waals surface area contributed by atoms with E-state index in [0.29, 0.717) is 48.4 Å². The number of carbonyl (C=O) groups is 2. The lowest BCUT2D eigenvalue weighted by molar-refractivity contribution is -0.149. The first-order valence-corrected chi connectivity index (χ1v) is 12.4. The van der Waals surface area contributed by atoms with Crippen LogP contribution in [-0.2, 0) is 16.1 Å². The van der Waals surface area contributed by atoms with Crippen molar-refractivity contribution in [1.82, 2.24) is 9.88 Å². The smallest absolute Gasteiger partial charge is 0.329 e. The average molecular weight is 493 g/mol. The van der Waals surface area contributed by atoms with Gasteiger partial charge in [0.05, 0.1) is 19.2 Å². The van der Waals surface area contributed by atoms with Crippen molar-refractivity contribution in [1.29, 1.82) is 0 Å². The Bertz CT molecular complexity index is 1270. The summed E-state index contributed by atoms with van der Waals surface area (Å²) in [6, 6.07) is 13.7. The number of hydrogen-bond acceptors (Lipinski definition) is 6. The number of likely N-dealkylation sites (tertiary alicyclic amines) is 1. The molecule has 8 heteroatoms. The molecule has 1 aliphatic rings. The first kappa shape index (κ1) is 25.3. The Morgan fingerprint density at radius 2 is 1.92 bits per heavy atom. The van der Waals surface area contributed by atoms with Crippen molar-refractivity contribution in [2.45, 2.75) is 51.7 Å². The zero-order valence-corrected chi connectivity index (χ0v) is 20.7.